The van der Waals surface area contributed by atoms with E-state index in [9.17, 15) is 4.79 Å². The lowest BCUT2D eigenvalue weighted by atomic mass is 10.1. The number of carbonyl (C=O) groups is 1. The molecule has 0 saturated heterocycles. The summed E-state index contributed by atoms with van der Waals surface area (Å²) in [6, 6.07) is 7.53. The topological polar surface area (TPSA) is 77.1 Å². The summed E-state index contributed by atoms with van der Waals surface area (Å²) < 4.78 is 10.8. The van der Waals surface area contributed by atoms with E-state index in [-0.39, 0.29) is 5.69 Å². The van der Waals surface area contributed by atoms with Gasteiger partial charge in [0.2, 0.25) is 0 Å². The van der Waals surface area contributed by atoms with Crippen LogP contribution >= 0.6 is 0 Å². The van der Waals surface area contributed by atoms with Crippen LogP contribution in [0.2, 0.25) is 0 Å². The number of aromatic amines is 1. The highest BCUT2D eigenvalue weighted by molar-refractivity contribution is 5.93. The molecule has 6 nitrogen and oxygen atoms in total. The molecule has 0 aliphatic carbocycles. The van der Waals surface area contributed by atoms with Gasteiger partial charge in [0.1, 0.15) is 11.4 Å². The molecule has 2 aromatic rings. The zero-order valence-corrected chi connectivity index (χ0v) is 15.8. The SMILES string of the molecule is CCCCCCCCCOc1ccc(-c2n[nH]nc2C(=O)OCC)cc1. The average Bonchev–Trinajstić information content (AvgIpc) is 3.14. The summed E-state index contributed by atoms with van der Waals surface area (Å²) in [5, 5.41) is 10.4. The number of carbonyl (C=O) groups excluding carboxylic acids is 1. The molecular formula is C20H29N3O3. The van der Waals surface area contributed by atoms with Gasteiger partial charge in [0.25, 0.3) is 0 Å². The molecule has 0 aliphatic heterocycles. The second-order valence-corrected chi connectivity index (χ2v) is 6.24. The van der Waals surface area contributed by atoms with Gasteiger partial charge in [-0.3, -0.25) is 0 Å². The van der Waals surface area contributed by atoms with Gasteiger partial charge in [0, 0.05) is 5.56 Å². The highest BCUT2D eigenvalue weighted by Crippen LogP contribution is 2.23. The molecule has 1 N–H and O–H groups in total. The number of aromatic nitrogens is 3. The van der Waals surface area contributed by atoms with E-state index in [4.69, 9.17) is 9.47 Å². The predicted molar refractivity (Wildman–Crippen MR) is 101 cm³/mol. The molecule has 2 rings (SSSR count). The van der Waals surface area contributed by atoms with Crippen molar-refractivity contribution in [2.24, 2.45) is 0 Å². The first-order chi connectivity index (χ1) is 12.8. The van der Waals surface area contributed by atoms with Crippen molar-refractivity contribution in [3.05, 3.63) is 30.0 Å². The molecule has 0 bridgehead atoms. The van der Waals surface area contributed by atoms with Crippen LogP contribution in [0.25, 0.3) is 11.3 Å². The summed E-state index contributed by atoms with van der Waals surface area (Å²) in [6.07, 6.45) is 8.86. The van der Waals surface area contributed by atoms with Crippen molar-refractivity contribution < 1.29 is 14.3 Å². The highest BCUT2D eigenvalue weighted by Gasteiger charge is 2.18. The molecule has 0 radical (unpaired) electrons. The summed E-state index contributed by atoms with van der Waals surface area (Å²) >= 11 is 0. The number of nitrogens with zero attached hydrogens (tertiary/aromatic N) is 2. The summed E-state index contributed by atoms with van der Waals surface area (Å²) in [4.78, 5) is 11.9. The highest BCUT2D eigenvalue weighted by atomic mass is 16.5. The third-order valence-electron chi connectivity index (χ3n) is 4.16. The predicted octanol–water partition coefficient (Wildman–Crippen LogP) is 4.78. The Hall–Kier alpha value is -2.37. The van der Waals surface area contributed by atoms with E-state index in [1.165, 1.54) is 38.5 Å². The van der Waals surface area contributed by atoms with Crippen LogP contribution in [-0.4, -0.2) is 34.6 Å². The van der Waals surface area contributed by atoms with Gasteiger partial charge in [-0.05, 0) is 37.6 Å². The zero-order valence-electron chi connectivity index (χ0n) is 15.8. The fourth-order valence-corrected chi connectivity index (χ4v) is 2.73. The number of nitrogens with one attached hydrogen (secondary N) is 1. The Morgan fingerprint density at radius 2 is 1.65 bits per heavy atom. The third-order valence-corrected chi connectivity index (χ3v) is 4.16. The van der Waals surface area contributed by atoms with Crippen molar-refractivity contribution in [3.63, 3.8) is 0 Å². The van der Waals surface area contributed by atoms with Crippen LogP contribution in [-0.2, 0) is 4.74 Å². The number of benzene rings is 1. The van der Waals surface area contributed by atoms with Crippen molar-refractivity contribution in [2.45, 2.75) is 58.8 Å². The number of esters is 1. The van der Waals surface area contributed by atoms with Gasteiger partial charge in [-0.1, -0.05) is 45.4 Å². The van der Waals surface area contributed by atoms with E-state index in [1.807, 2.05) is 24.3 Å². The number of hydrogen-bond donors (Lipinski definition) is 1. The van der Waals surface area contributed by atoms with Gasteiger partial charge < -0.3 is 9.47 Å². The Balaban J connectivity index is 1.78. The largest absolute Gasteiger partial charge is 0.494 e. The van der Waals surface area contributed by atoms with Gasteiger partial charge in [-0.25, -0.2) is 4.79 Å². The van der Waals surface area contributed by atoms with Gasteiger partial charge in [-0.2, -0.15) is 10.3 Å². The van der Waals surface area contributed by atoms with E-state index >= 15 is 0 Å². The van der Waals surface area contributed by atoms with Crippen LogP contribution in [0.15, 0.2) is 24.3 Å². The lowest BCUT2D eigenvalue weighted by Crippen LogP contribution is -2.06. The first-order valence-electron chi connectivity index (χ1n) is 9.57. The molecule has 142 valence electrons. The number of ether oxygens (including phenoxy) is 2. The Kier molecular flexibility index (Phi) is 8.66. The summed E-state index contributed by atoms with van der Waals surface area (Å²) in [7, 11) is 0. The minimum absolute atomic E-state index is 0.198. The number of unbranched alkanes of at least 4 members (excludes halogenated alkanes) is 6. The second-order valence-electron chi connectivity index (χ2n) is 6.24. The third kappa shape index (κ3) is 6.17. The summed E-state index contributed by atoms with van der Waals surface area (Å²) in [6.45, 7) is 5.02. The van der Waals surface area contributed by atoms with Crippen molar-refractivity contribution in [1.29, 1.82) is 0 Å². The molecule has 0 saturated carbocycles. The Bertz CT molecular complexity index is 653. The lowest BCUT2D eigenvalue weighted by Gasteiger charge is -2.07. The molecule has 1 heterocycles. The maximum atomic E-state index is 11.9. The maximum Gasteiger partial charge on any atom is 0.361 e. The Morgan fingerprint density at radius 1 is 0.962 bits per heavy atom. The minimum Gasteiger partial charge on any atom is -0.494 e. The van der Waals surface area contributed by atoms with Crippen LogP contribution in [0.3, 0.4) is 0 Å². The molecule has 0 spiro atoms. The van der Waals surface area contributed by atoms with E-state index in [0.717, 1.165) is 24.3 Å². The molecule has 0 unspecified atom stereocenters. The van der Waals surface area contributed by atoms with Crippen molar-refractivity contribution in [1.82, 2.24) is 15.4 Å². The van der Waals surface area contributed by atoms with Crippen LogP contribution in [0.5, 0.6) is 5.75 Å². The quantitative estimate of drug-likeness (QED) is 0.436. The van der Waals surface area contributed by atoms with Crippen molar-refractivity contribution in [2.75, 3.05) is 13.2 Å². The normalized spacial score (nSPS) is 10.7. The monoisotopic (exact) mass is 359 g/mol. The molecule has 1 aromatic heterocycles. The van der Waals surface area contributed by atoms with Gasteiger partial charge in [0.05, 0.1) is 13.2 Å². The molecule has 0 atom stereocenters. The van der Waals surface area contributed by atoms with Crippen LogP contribution in [0.4, 0.5) is 0 Å². The summed E-state index contributed by atoms with van der Waals surface area (Å²) in [5.74, 6) is 0.344. The van der Waals surface area contributed by atoms with Crippen LogP contribution < -0.4 is 4.74 Å². The smallest absolute Gasteiger partial charge is 0.361 e. The second kappa shape index (κ2) is 11.3. The molecular weight excluding hydrogens is 330 g/mol. The number of rotatable bonds is 12. The lowest BCUT2D eigenvalue weighted by molar-refractivity contribution is 0.0520. The van der Waals surface area contributed by atoms with Crippen LogP contribution in [0.1, 0.15) is 69.3 Å². The molecule has 6 heteroatoms. The fourth-order valence-electron chi connectivity index (χ4n) is 2.73. The molecule has 0 fully saturated rings. The number of hydrogen-bond acceptors (Lipinski definition) is 5. The molecule has 0 aliphatic rings. The van der Waals surface area contributed by atoms with Crippen LogP contribution in [0, 0.1) is 0 Å². The van der Waals surface area contributed by atoms with Gasteiger partial charge >= 0.3 is 5.97 Å². The van der Waals surface area contributed by atoms with Gasteiger partial charge in [-0.15, -0.1) is 5.10 Å². The first-order valence-corrected chi connectivity index (χ1v) is 9.57. The number of H-pyrrole nitrogens is 1. The fraction of sp³-hybridized carbons (Fsp3) is 0.550. The Morgan fingerprint density at radius 3 is 2.35 bits per heavy atom. The van der Waals surface area contributed by atoms with Crippen molar-refractivity contribution in [3.8, 4) is 17.0 Å². The van der Waals surface area contributed by atoms with Crippen molar-refractivity contribution >= 4 is 5.97 Å². The minimum atomic E-state index is -0.476. The van der Waals surface area contributed by atoms with E-state index < -0.39 is 5.97 Å². The average molecular weight is 359 g/mol. The van der Waals surface area contributed by atoms with E-state index in [2.05, 4.69) is 22.3 Å². The van der Waals surface area contributed by atoms with E-state index in [1.54, 1.807) is 6.92 Å². The standard InChI is InChI=1S/C20H29N3O3/c1-3-5-6-7-8-9-10-15-26-17-13-11-16(12-14-17)18-19(22-23-21-18)20(24)25-4-2/h11-14H,3-10,15H2,1-2H3,(H,21,22,23). The Labute approximate surface area is 155 Å². The maximum absolute atomic E-state index is 11.9. The van der Waals surface area contributed by atoms with Gasteiger partial charge in [0.15, 0.2) is 5.69 Å². The first kappa shape index (κ1) is 19.9. The molecule has 1 aromatic carbocycles. The zero-order chi connectivity index (χ0) is 18.6. The van der Waals surface area contributed by atoms with E-state index in [0.29, 0.717) is 12.3 Å². The molecule has 26 heavy (non-hydrogen) atoms. The molecule has 0 amide bonds. The summed E-state index contributed by atoms with van der Waals surface area (Å²) in [5.41, 5.74) is 1.48.